The van der Waals surface area contributed by atoms with Crippen LogP contribution in [0.4, 0.5) is 4.39 Å². The van der Waals surface area contributed by atoms with Crippen LogP contribution >= 0.6 is 23.2 Å². The zero-order valence-electron chi connectivity index (χ0n) is 12.3. The minimum Gasteiger partial charge on any atom is -0.348 e. The molecule has 0 saturated carbocycles. The normalized spacial score (nSPS) is 10.6. The number of aromatic amines is 1. The minimum atomic E-state index is -0.494. The van der Waals surface area contributed by atoms with E-state index in [0.717, 1.165) is 5.56 Å². The van der Waals surface area contributed by atoms with Crippen molar-refractivity contribution in [3.8, 4) is 11.3 Å². The third-order valence-corrected chi connectivity index (χ3v) is 4.00. The molecule has 3 rings (SSSR count). The molecule has 0 atom stereocenters. The first-order valence-electron chi connectivity index (χ1n) is 7.06. The third-order valence-electron chi connectivity index (χ3n) is 3.45. The lowest BCUT2D eigenvalue weighted by molar-refractivity contribution is 0.0951. The van der Waals surface area contributed by atoms with E-state index < -0.39 is 5.82 Å². The highest BCUT2D eigenvalue weighted by Gasteiger charge is 2.15. The van der Waals surface area contributed by atoms with Crippen LogP contribution in [0.1, 0.15) is 15.9 Å². The highest BCUT2D eigenvalue weighted by molar-refractivity contribution is 6.31. The Morgan fingerprint density at radius 3 is 2.62 bits per heavy atom. The molecule has 122 valence electrons. The monoisotopic (exact) mass is 363 g/mol. The number of hydrogen-bond acceptors (Lipinski definition) is 2. The van der Waals surface area contributed by atoms with Crippen LogP contribution in [0, 0.1) is 5.82 Å². The maximum absolute atomic E-state index is 13.1. The summed E-state index contributed by atoms with van der Waals surface area (Å²) in [5.41, 5.74) is 2.50. The molecule has 0 aliphatic carbocycles. The predicted octanol–water partition coefficient (Wildman–Crippen LogP) is 4.45. The molecular formula is C17H12Cl2FN3O. The van der Waals surface area contributed by atoms with Crippen LogP contribution in [0.15, 0.2) is 48.7 Å². The van der Waals surface area contributed by atoms with Gasteiger partial charge in [0.1, 0.15) is 5.82 Å². The third kappa shape index (κ3) is 3.58. The number of carbonyl (C=O) groups excluding carboxylic acids is 1. The van der Waals surface area contributed by atoms with Crippen molar-refractivity contribution in [2.45, 2.75) is 6.54 Å². The second-order valence-corrected chi connectivity index (χ2v) is 5.94. The summed E-state index contributed by atoms with van der Waals surface area (Å²) < 4.78 is 13.1. The first-order valence-corrected chi connectivity index (χ1v) is 7.81. The predicted molar refractivity (Wildman–Crippen MR) is 91.6 cm³/mol. The molecule has 0 unspecified atom stereocenters. The Labute approximate surface area is 147 Å². The molecule has 7 heteroatoms. The van der Waals surface area contributed by atoms with E-state index in [0.29, 0.717) is 21.8 Å². The Hall–Kier alpha value is -2.37. The maximum Gasteiger partial charge on any atom is 0.255 e. The molecule has 3 aromatic rings. The van der Waals surface area contributed by atoms with Gasteiger partial charge in [-0.1, -0.05) is 41.4 Å². The average Bonchev–Trinajstić information content (AvgIpc) is 3.06. The molecule has 0 radical (unpaired) electrons. The number of carbonyl (C=O) groups is 1. The summed E-state index contributed by atoms with van der Waals surface area (Å²) in [6, 6.07) is 11.4. The fraction of sp³-hybridized carbons (Fsp3) is 0.0588. The lowest BCUT2D eigenvalue weighted by Gasteiger charge is -2.07. The van der Waals surface area contributed by atoms with Crippen molar-refractivity contribution >= 4 is 29.1 Å². The summed E-state index contributed by atoms with van der Waals surface area (Å²) >= 11 is 11.6. The molecule has 0 aliphatic heterocycles. The molecule has 2 N–H and O–H groups in total. The number of rotatable bonds is 4. The molecule has 0 aliphatic rings. The molecule has 1 amide bonds. The van der Waals surface area contributed by atoms with Gasteiger partial charge < -0.3 is 5.32 Å². The van der Waals surface area contributed by atoms with E-state index in [-0.39, 0.29) is 17.5 Å². The summed E-state index contributed by atoms with van der Waals surface area (Å²) in [5, 5.41) is 10.1. The van der Waals surface area contributed by atoms with Crippen LogP contribution in [0.2, 0.25) is 10.0 Å². The van der Waals surface area contributed by atoms with Crippen molar-refractivity contribution in [1.82, 2.24) is 15.5 Å². The Morgan fingerprint density at radius 2 is 1.92 bits per heavy atom. The van der Waals surface area contributed by atoms with Gasteiger partial charge in [0.25, 0.3) is 5.91 Å². The van der Waals surface area contributed by atoms with E-state index in [1.165, 1.54) is 18.3 Å². The van der Waals surface area contributed by atoms with Crippen molar-refractivity contribution in [2.75, 3.05) is 0 Å². The second-order valence-electron chi connectivity index (χ2n) is 5.10. The quantitative estimate of drug-likeness (QED) is 0.719. The molecule has 0 bridgehead atoms. The van der Waals surface area contributed by atoms with Gasteiger partial charge in [-0.15, -0.1) is 0 Å². The van der Waals surface area contributed by atoms with Crippen molar-refractivity contribution < 1.29 is 9.18 Å². The molecule has 0 spiro atoms. The van der Waals surface area contributed by atoms with Gasteiger partial charge in [-0.05, 0) is 29.8 Å². The van der Waals surface area contributed by atoms with Crippen molar-refractivity contribution in [3.05, 3.63) is 75.7 Å². The topological polar surface area (TPSA) is 57.8 Å². The first-order chi connectivity index (χ1) is 11.5. The number of amides is 1. The molecule has 1 aromatic heterocycles. The number of H-pyrrole nitrogens is 1. The van der Waals surface area contributed by atoms with Crippen LogP contribution in [0.3, 0.4) is 0 Å². The molecule has 1 heterocycles. The SMILES string of the molecule is O=C(NCc1ccc(F)c(Cl)c1)c1cn[nH]c1-c1ccc(Cl)cc1. The van der Waals surface area contributed by atoms with E-state index in [1.807, 2.05) is 0 Å². The summed E-state index contributed by atoms with van der Waals surface area (Å²) in [4.78, 5) is 12.4. The van der Waals surface area contributed by atoms with Gasteiger partial charge in [-0.2, -0.15) is 5.10 Å². The highest BCUT2D eigenvalue weighted by Crippen LogP contribution is 2.23. The smallest absolute Gasteiger partial charge is 0.255 e. The zero-order valence-corrected chi connectivity index (χ0v) is 13.8. The summed E-state index contributed by atoms with van der Waals surface area (Å²) in [7, 11) is 0. The van der Waals surface area contributed by atoms with Gasteiger partial charge >= 0.3 is 0 Å². The summed E-state index contributed by atoms with van der Waals surface area (Å²) in [5.74, 6) is -0.791. The molecule has 0 saturated heterocycles. The Morgan fingerprint density at radius 1 is 1.17 bits per heavy atom. The Balaban J connectivity index is 1.75. The van der Waals surface area contributed by atoms with E-state index >= 15 is 0 Å². The zero-order chi connectivity index (χ0) is 17.1. The fourth-order valence-corrected chi connectivity index (χ4v) is 2.55. The lowest BCUT2D eigenvalue weighted by atomic mass is 10.1. The fourth-order valence-electron chi connectivity index (χ4n) is 2.22. The average molecular weight is 364 g/mol. The van der Waals surface area contributed by atoms with E-state index in [1.54, 1.807) is 30.3 Å². The maximum atomic E-state index is 13.1. The van der Waals surface area contributed by atoms with Gasteiger partial charge in [0, 0.05) is 17.1 Å². The van der Waals surface area contributed by atoms with Crippen LogP contribution < -0.4 is 5.32 Å². The Kier molecular flexibility index (Phi) is 4.83. The number of nitrogens with zero attached hydrogens (tertiary/aromatic N) is 1. The molecule has 24 heavy (non-hydrogen) atoms. The number of benzene rings is 2. The lowest BCUT2D eigenvalue weighted by Crippen LogP contribution is -2.23. The molecule has 4 nitrogen and oxygen atoms in total. The van der Waals surface area contributed by atoms with E-state index in [9.17, 15) is 9.18 Å². The molecule has 2 aromatic carbocycles. The van der Waals surface area contributed by atoms with Gasteiger partial charge in [0.05, 0.1) is 22.5 Å². The minimum absolute atomic E-state index is 0.0203. The highest BCUT2D eigenvalue weighted by atomic mass is 35.5. The van der Waals surface area contributed by atoms with Crippen LogP contribution in [0.5, 0.6) is 0 Å². The summed E-state index contributed by atoms with van der Waals surface area (Å²) in [6.07, 6.45) is 1.46. The van der Waals surface area contributed by atoms with Crippen molar-refractivity contribution in [1.29, 1.82) is 0 Å². The van der Waals surface area contributed by atoms with Gasteiger partial charge in [-0.3, -0.25) is 9.89 Å². The first kappa shape index (κ1) is 16.5. The van der Waals surface area contributed by atoms with Gasteiger partial charge in [-0.25, -0.2) is 4.39 Å². The van der Waals surface area contributed by atoms with E-state index in [2.05, 4.69) is 15.5 Å². The van der Waals surface area contributed by atoms with Crippen molar-refractivity contribution in [2.24, 2.45) is 0 Å². The van der Waals surface area contributed by atoms with Crippen LogP contribution in [-0.2, 0) is 6.54 Å². The number of nitrogens with one attached hydrogen (secondary N) is 2. The largest absolute Gasteiger partial charge is 0.348 e. The van der Waals surface area contributed by atoms with Gasteiger partial charge in [0.2, 0.25) is 0 Å². The van der Waals surface area contributed by atoms with Gasteiger partial charge in [0.15, 0.2) is 0 Å². The Bertz CT molecular complexity index is 878. The number of hydrogen-bond donors (Lipinski definition) is 2. The number of aromatic nitrogens is 2. The molecule has 0 fully saturated rings. The summed E-state index contributed by atoms with van der Waals surface area (Å²) in [6.45, 7) is 0.226. The second kappa shape index (κ2) is 7.03. The van der Waals surface area contributed by atoms with Crippen LogP contribution in [-0.4, -0.2) is 16.1 Å². The van der Waals surface area contributed by atoms with E-state index in [4.69, 9.17) is 23.2 Å². The molecular weight excluding hydrogens is 352 g/mol. The van der Waals surface area contributed by atoms with Crippen molar-refractivity contribution in [3.63, 3.8) is 0 Å². The van der Waals surface area contributed by atoms with Crippen LogP contribution in [0.25, 0.3) is 11.3 Å². The number of halogens is 3. The standard InChI is InChI=1S/C17H12Cl2FN3O/c18-12-4-2-11(3-5-12)16-13(9-22-23-16)17(24)21-8-10-1-6-15(20)14(19)7-10/h1-7,9H,8H2,(H,21,24)(H,22,23).